The van der Waals surface area contributed by atoms with Crippen LogP contribution in [-0.2, 0) is 20.8 Å². The number of fused-ring (bicyclic) bond motifs is 1. The topological polar surface area (TPSA) is 79.6 Å². The minimum absolute atomic E-state index is 0.0401. The molecule has 0 bridgehead atoms. The average Bonchev–Trinajstić information content (AvgIpc) is 3.43. The van der Waals surface area contributed by atoms with Crippen LogP contribution in [0.3, 0.4) is 0 Å². The van der Waals surface area contributed by atoms with Crippen molar-refractivity contribution in [2.75, 3.05) is 17.5 Å². The van der Waals surface area contributed by atoms with Crippen molar-refractivity contribution in [3.8, 4) is 0 Å². The largest absolute Gasteiger partial charge is 0.461 e. The van der Waals surface area contributed by atoms with Gasteiger partial charge in [-0.15, -0.1) is 23.5 Å². The quantitative estimate of drug-likeness (QED) is 0.738. The standard InChI is InChI=1S/C19H20N2O4S2/c22-8-13-9-26-11-21(13)19(24)17-18(27-10-20-17)15(23)6-5-14-7-12-3-1-2-4-16(12)25-14/h1-4,7-8,13,17-18,20H,5-6,9-11H2/t13-,17+,18?/m1/s1. The van der Waals surface area contributed by atoms with E-state index >= 15 is 0 Å². The zero-order valence-corrected chi connectivity index (χ0v) is 16.3. The summed E-state index contributed by atoms with van der Waals surface area (Å²) in [6, 6.07) is 8.77. The van der Waals surface area contributed by atoms with Gasteiger partial charge in [-0.1, -0.05) is 18.2 Å². The number of ketones is 1. The molecule has 0 aliphatic carbocycles. The van der Waals surface area contributed by atoms with Gasteiger partial charge in [-0.05, 0) is 12.1 Å². The second-order valence-corrected chi connectivity index (χ2v) is 8.77. The summed E-state index contributed by atoms with van der Waals surface area (Å²) in [6.07, 6.45) is 1.66. The van der Waals surface area contributed by atoms with Crippen molar-refractivity contribution in [2.24, 2.45) is 0 Å². The molecule has 4 rings (SSSR count). The van der Waals surface area contributed by atoms with Crippen LogP contribution in [0.1, 0.15) is 12.2 Å². The third-order valence-electron chi connectivity index (χ3n) is 4.91. The molecule has 3 atom stereocenters. The first-order chi connectivity index (χ1) is 13.2. The van der Waals surface area contributed by atoms with Crippen molar-refractivity contribution < 1.29 is 18.8 Å². The molecule has 2 aromatic rings. The molecule has 6 nitrogen and oxygen atoms in total. The zero-order chi connectivity index (χ0) is 18.8. The number of nitrogens with zero attached hydrogens (tertiary/aromatic N) is 1. The molecular formula is C19H20N2O4S2. The molecule has 1 unspecified atom stereocenters. The predicted molar refractivity (Wildman–Crippen MR) is 107 cm³/mol. The smallest absolute Gasteiger partial charge is 0.242 e. The van der Waals surface area contributed by atoms with Crippen LogP contribution in [0, 0.1) is 0 Å². The van der Waals surface area contributed by atoms with E-state index in [2.05, 4.69) is 5.32 Å². The summed E-state index contributed by atoms with van der Waals surface area (Å²) in [4.78, 5) is 38.4. The lowest BCUT2D eigenvalue weighted by molar-refractivity contribution is -0.137. The number of amides is 1. The molecule has 2 saturated heterocycles. The van der Waals surface area contributed by atoms with Crippen LogP contribution in [0.15, 0.2) is 34.7 Å². The van der Waals surface area contributed by atoms with Crippen LogP contribution in [0.4, 0.5) is 0 Å². The monoisotopic (exact) mass is 404 g/mol. The highest BCUT2D eigenvalue weighted by molar-refractivity contribution is 8.01. The van der Waals surface area contributed by atoms with E-state index in [1.54, 1.807) is 16.7 Å². The van der Waals surface area contributed by atoms with Gasteiger partial charge in [0.25, 0.3) is 0 Å². The SMILES string of the molecule is O=C[C@@H]1CSCN1C(=O)[C@H]1NCSC1C(=O)CCc1cc2ccccc2o1. The summed E-state index contributed by atoms with van der Waals surface area (Å²) in [6.45, 7) is 0. The van der Waals surface area contributed by atoms with Crippen molar-refractivity contribution in [1.29, 1.82) is 0 Å². The van der Waals surface area contributed by atoms with Gasteiger partial charge >= 0.3 is 0 Å². The van der Waals surface area contributed by atoms with Crippen molar-refractivity contribution in [3.05, 3.63) is 36.1 Å². The molecular weight excluding hydrogens is 384 g/mol. The van der Waals surface area contributed by atoms with Crippen molar-refractivity contribution in [2.45, 2.75) is 30.2 Å². The Kier molecular flexibility index (Phi) is 5.56. The fourth-order valence-corrected chi connectivity index (χ4v) is 5.74. The lowest BCUT2D eigenvalue weighted by Crippen LogP contribution is -2.51. The molecule has 27 heavy (non-hydrogen) atoms. The number of nitrogens with one attached hydrogen (secondary N) is 1. The van der Waals surface area contributed by atoms with Gasteiger partial charge in [-0.25, -0.2) is 0 Å². The maximum Gasteiger partial charge on any atom is 0.242 e. The first-order valence-corrected chi connectivity index (χ1v) is 11.1. The fraction of sp³-hybridized carbons (Fsp3) is 0.421. The third kappa shape index (κ3) is 3.79. The van der Waals surface area contributed by atoms with Gasteiger partial charge in [0.1, 0.15) is 29.5 Å². The van der Waals surface area contributed by atoms with E-state index < -0.39 is 11.3 Å². The van der Waals surface area contributed by atoms with Gasteiger partial charge in [0.15, 0.2) is 0 Å². The molecule has 142 valence electrons. The highest BCUT2D eigenvalue weighted by Crippen LogP contribution is 2.29. The van der Waals surface area contributed by atoms with Gasteiger partial charge in [-0.2, -0.15) is 0 Å². The summed E-state index contributed by atoms with van der Waals surface area (Å²) in [5.41, 5.74) is 0.816. The molecule has 2 aliphatic rings. The first-order valence-electron chi connectivity index (χ1n) is 8.86. The number of para-hydroxylation sites is 1. The Balaban J connectivity index is 1.40. The van der Waals surface area contributed by atoms with Gasteiger partial charge in [0.2, 0.25) is 5.91 Å². The molecule has 0 radical (unpaired) electrons. The zero-order valence-electron chi connectivity index (χ0n) is 14.6. The van der Waals surface area contributed by atoms with Crippen LogP contribution < -0.4 is 5.32 Å². The minimum atomic E-state index is -0.556. The second kappa shape index (κ2) is 8.08. The fourth-order valence-electron chi connectivity index (χ4n) is 3.45. The maximum absolute atomic E-state index is 12.8. The van der Waals surface area contributed by atoms with E-state index in [0.717, 1.165) is 23.0 Å². The summed E-state index contributed by atoms with van der Waals surface area (Å²) in [5, 5.41) is 3.74. The number of carbonyl (C=O) groups is 3. The van der Waals surface area contributed by atoms with Gasteiger partial charge < -0.3 is 14.1 Å². The number of aldehydes is 1. The Labute approximate surface area is 165 Å². The number of benzene rings is 1. The van der Waals surface area contributed by atoms with Crippen LogP contribution in [-0.4, -0.2) is 57.7 Å². The van der Waals surface area contributed by atoms with E-state index in [1.165, 1.54) is 11.8 Å². The summed E-state index contributed by atoms with van der Waals surface area (Å²) in [7, 11) is 0. The number of thioether (sulfide) groups is 2. The highest BCUT2D eigenvalue weighted by Gasteiger charge is 2.42. The number of rotatable bonds is 6. The lowest BCUT2D eigenvalue weighted by atomic mass is 10.0. The Morgan fingerprint density at radius 1 is 1.33 bits per heavy atom. The molecule has 3 heterocycles. The average molecular weight is 405 g/mol. The molecule has 0 spiro atoms. The van der Waals surface area contributed by atoms with E-state index in [0.29, 0.717) is 30.3 Å². The Morgan fingerprint density at radius 3 is 3.00 bits per heavy atom. The van der Waals surface area contributed by atoms with Gasteiger partial charge in [-0.3, -0.25) is 14.9 Å². The van der Waals surface area contributed by atoms with E-state index in [4.69, 9.17) is 4.42 Å². The lowest BCUT2D eigenvalue weighted by Gasteiger charge is -2.25. The number of hydrogen-bond acceptors (Lipinski definition) is 7. The number of carbonyl (C=O) groups excluding carboxylic acids is 3. The van der Waals surface area contributed by atoms with Gasteiger partial charge in [0.05, 0.1) is 17.2 Å². The second-order valence-electron chi connectivity index (χ2n) is 6.64. The normalized spacial score (nSPS) is 25.2. The molecule has 2 fully saturated rings. The van der Waals surface area contributed by atoms with E-state index in [-0.39, 0.29) is 17.7 Å². The Hall–Kier alpha value is -1.77. The third-order valence-corrected chi connectivity index (χ3v) is 7.17. The summed E-state index contributed by atoms with van der Waals surface area (Å²) < 4.78 is 5.77. The van der Waals surface area contributed by atoms with E-state index in [9.17, 15) is 14.4 Å². The van der Waals surface area contributed by atoms with Crippen LogP contribution in [0.2, 0.25) is 0 Å². The van der Waals surface area contributed by atoms with Crippen LogP contribution >= 0.6 is 23.5 Å². The number of aryl methyl sites for hydroxylation is 1. The van der Waals surface area contributed by atoms with Crippen molar-refractivity contribution >= 4 is 52.5 Å². The molecule has 1 amide bonds. The minimum Gasteiger partial charge on any atom is -0.461 e. The summed E-state index contributed by atoms with van der Waals surface area (Å²) >= 11 is 3.02. The highest BCUT2D eigenvalue weighted by atomic mass is 32.2. The first kappa shape index (κ1) is 18.6. The van der Waals surface area contributed by atoms with Crippen molar-refractivity contribution in [1.82, 2.24) is 10.2 Å². The van der Waals surface area contributed by atoms with Crippen LogP contribution in [0.5, 0.6) is 0 Å². The maximum atomic E-state index is 12.8. The summed E-state index contributed by atoms with van der Waals surface area (Å²) in [5.74, 6) is 2.36. The molecule has 0 saturated carbocycles. The predicted octanol–water partition coefficient (Wildman–Crippen LogP) is 2.07. The van der Waals surface area contributed by atoms with Crippen LogP contribution in [0.25, 0.3) is 11.0 Å². The molecule has 1 aromatic heterocycles. The molecule has 1 N–H and O–H groups in total. The number of Topliss-reactive ketones (excluding diaryl/α,β-unsaturated/α-hetero) is 1. The Morgan fingerprint density at radius 2 is 2.19 bits per heavy atom. The van der Waals surface area contributed by atoms with E-state index in [1.807, 2.05) is 30.3 Å². The number of hydrogen-bond donors (Lipinski definition) is 1. The van der Waals surface area contributed by atoms with Crippen molar-refractivity contribution in [3.63, 3.8) is 0 Å². The van der Waals surface area contributed by atoms with Gasteiger partial charge in [0, 0.05) is 29.9 Å². The molecule has 1 aromatic carbocycles. The molecule has 2 aliphatic heterocycles. The molecule has 8 heteroatoms. The number of furan rings is 1. The Bertz CT molecular complexity index is 835.